The Bertz CT molecular complexity index is 962. The first-order valence-electron chi connectivity index (χ1n) is 9.91. The predicted molar refractivity (Wildman–Crippen MR) is 109 cm³/mol. The maximum atomic E-state index is 13.3. The van der Waals surface area contributed by atoms with Crippen molar-refractivity contribution in [1.29, 1.82) is 4.78 Å². The summed E-state index contributed by atoms with van der Waals surface area (Å²) in [5, 5.41) is 2.88. The van der Waals surface area contributed by atoms with Crippen molar-refractivity contribution in [3.63, 3.8) is 0 Å². The summed E-state index contributed by atoms with van der Waals surface area (Å²) in [4.78, 5) is 17.4. The highest BCUT2D eigenvalue weighted by atomic mass is 32.2. The lowest BCUT2D eigenvalue weighted by Gasteiger charge is -2.30. The van der Waals surface area contributed by atoms with Crippen LogP contribution in [0.25, 0.3) is 0 Å². The average molecular weight is 402 g/mol. The number of anilines is 1. The van der Waals surface area contributed by atoms with Crippen molar-refractivity contribution in [2.24, 2.45) is 13.0 Å². The van der Waals surface area contributed by atoms with Crippen molar-refractivity contribution >= 4 is 21.5 Å². The topological polar surface area (TPSA) is 99.9 Å². The summed E-state index contributed by atoms with van der Waals surface area (Å²) in [7, 11) is -1.38. The van der Waals surface area contributed by atoms with E-state index in [4.69, 9.17) is 4.78 Å². The number of hydrogen-bond acceptors (Lipinski definition) is 4. The van der Waals surface area contributed by atoms with Crippen molar-refractivity contribution < 1.29 is 9.00 Å². The molecule has 1 fully saturated rings. The first kappa shape index (κ1) is 19.1. The Labute approximate surface area is 166 Å². The van der Waals surface area contributed by atoms with Gasteiger partial charge in [-0.1, -0.05) is 19.3 Å². The number of carbonyl (C=O) groups is 1. The summed E-state index contributed by atoms with van der Waals surface area (Å²) >= 11 is 0. The van der Waals surface area contributed by atoms with E-state index in [0.717, 1.165) is 24.8 Å². The Hall–Kier alpha value is -2.19. The second kappa shape index (κ2) is 7.67. The van der Waals surface area contributed by atoms with Crippen molar-refractivity contribution in [2.45, 2.75) is 55.9 Å². The lowest BCUT2D eigenvalue weighted by atomic mass is 9.82. The van der Waals surface area contributed by atoms with Crippen LogP contribution in [-0.2, 0) is 23.4 Å². The van der Waals surface area contributed by atoms with Crippen LogP contribution in [0.3, 0.4) is 0 Å². The van der Waals surface area contributed by atoms with Gasteiger partial charge in [0.05, 0.1) is 4.90 Å². The van der Waals surface area contributed by atoms with E-state index in [2.05, 4.69) is 15.0 Å². The maximum Gasteiger partial charge on any atom is 0.272 e. The minimum absolute atomic E-state index is 0.0686. The molecule has 28 heavy (non-hydrogen) atoms. The van der Waals surface area contributed by atoms with Gasteiger partial charge in [0.1, 0.15) is 15.6 Å². The van der Waals surface area contributed by atoms with Gasteiger partial charge in [-0.25, -0.2) is 13.7 Å². The molecule has 4 rings (SSSR count). The Morgan fingerprint density at radius 2 is 1.96 bits per heavy atom. The molecule has 7 nitrogen and oxygen atoms in total. The van der Waals surface area contributed by atoms with E-state index in [-0.39, 0.29) is 11.9 Å². The highest BCUT2D eigenvalue weighted by Crippen LogP contribution is 2.34. The zero-order valence-electron chi connectivity index (χ0n) is 16.1. The number of aromatic nitrogens is 2. The van der Waals surface area contributed by atoms with Crippen LogP contribution in [0.4, 0.5) is 5.69 Å². The first-order valence-corrected chi connectivity index (χ1v) is 11.5. The normalized spacial score (nSPS) is 25.7. The largest absolute Gasteiger partial charge is 0.345 e. The Morgan fingerprint density at radius 1 is 1.25 bits per heavy atom. The average Bonchev–Trinajstić information content (AvgIpc) is 2.97. The third kappa shape index (κ3) is 3.71. The van der Waals surface area contributed by atoms with Crippen LogP contribution in [0, 0.1) is 10.7 Å². The van der Waals surface area contributed by atoms with Gasteiger partial charge in [-0.05, 0) is 43.7 Å². The SMILES string of the molecule is Cn1cc2c(c1C(=O)Nc1ccncc1)CC[C@@H](C1CCCCC1)NS2(=N)=O. The standard InChI is InChI=1S/C20H27N5O2S/c1-25-13-18-16(19(25)20(26)23-15-9-11-22-12-10-15)7-8-17(24-28(18,21)27)14-5-3-2-4-6-14/h9-14,17H,2-8H2,1H3,(H2,21,24,27)(H,22,23,26)/t17-,28?/m0/s1. The molecule has 2 atom stereocenters. The van der Waals surface area contributed by atoms with E-state index in [1.807, 2.05) is 0 Å². The van der Waals surface area contributed by atoms with Gasteiger partial charge < -0.3 is 9.88 Å². The number of hydrogen-bond donors (Lipinski definition) is 3. The number of amides is 1. The van der Waals surface area contributed by atoms with E-state index in [9.17, 15) is 9.00 Å². The quantitative estimate of drug-likeness (QED) is 0.734. The molecule has 0 aromatic carbocycles. The number of fused-ring (bicyclic) bond motifs is 1. The van der Waals surface area contributed by atoms with Gasteiger partial charge in [0.15, 0.2) is 0 Å². The molecule has 150 valence electrons. The number of pyridine rings is 1. The molecule has 1 aliphatic carbocycles. The second-order valence-corrected chi connectivity index (χ2v) is 9.63. The van der Waals surface area contributed by atoms with Crippen molar-refractivity contribution in [3.05, 3.63) is 42.0 Å². The highest BCUT2D eigenvalue weighted by molar-refractivity contribution is 7.90. The van der Waals surface area contributed by atoms with Gasteiger partial charge in [-0.15, -0.1) is 0 Å². The van der Waals surface area contributed by atoms with E-state index < -0.39 is 9.92 Å². The fraction of sp³-hybridized carbons (Fsp3) is 0.500. The van der Waals surface area contributed by atoms with Crippen LogP contribution < -0.4 is 10.0 Å². The zero-order valence-corrected chi connectivity index (χ0v) is 16.9. The molecule has 0 spiro atoms. The minimum atomic E-state index is -3.15. The van der Waals surface area contributed by atoms with Crippen LogP contribution >= 0.6 is 0 Å². The van der Waals surface area contributed by atoms with Gasteiger partial charge in [-0.3, -0.25) is 9.78 Å². The molecule has 1 amide bonds. The van der Waals surface area contributed by atoms with E-state index in [1.165, 1.54) is 19.3 Å². The second-order valence-electron chi connectivity index (χ2n) is 7.84. The van der Waals surface area contributed by atoms with Crippen LogP contribution in [0.15, 0.2) is 35.6 Å². The lowest BCUT2D eigenvalue weighted by Crippen LogP contribution is -2.39. The number of nitrogens with zero attached hydrogens (tertiary/aromatic N) is 2. The molecule has 2 aliphatic rings. The highest BCUT2D eigenvalue weighted by Gasteiger charge is 2.34. The monoisotopic (exact) mass is 401 g/mol. The van der Waals surface area contributed by atoms with E-state index >= 15 is 0 Å². The first-order chi connectivity index (χ1) is 13.5. The smallest absolute Gasteiger partial charge is 0.272 e. The Morgan fingerprint density at radius 3 is 2.68 bits per heavy atom. The van der Waals surface area contributed by atoms with Crippen LogP contribution in [0.1, 0.15) is 54.6 Å². The predicted octanol–water partition coefficient (Wildman–Crippen LogP) is 3.48. The molecule has 3 N–H and O–H groups in total. The molecule has 0 bridgehead atoms. The van der Waals surface area contributed by atoms with Crippen molar-refractivity contribution in [1.82, 2.24) is 14.3 Å². The number of rotatable bonds is 3. The molecular formula is C20H27N5O2S. The fourth-order valence-corrected chi connectivity index (χ4v) is 6.28. The maximum absolute atomic E-state index is 13.3. The lowest BCUT2D eigenvalue weighted by molar-refractivity contribution is 0.101. The summed E-state index contributed by atoms with van der Waals surface area (Å²) < 4.78 is 26.6. The molecule has 1 unspecified atom stereocenters. The van der Waals surface area contributed by atoms with Crippen LogP contribution in [-0.4, -0.2) is 25.7 Å². The number of aryl methyl sites for hydroxylation is 1. The molecule has 3 heterocycles. The third-order valence-corrected chi connectivity index (χ3v) is 7.56. The molecular weight excluding hydrogens is 374 g/mol. The zero-order chi connectivity index (χ0) is 19.7. The third-order valence-electron chi connectivity index (χ3n) is 5.95. The van der Waals surface area contributed by atoms with E-state index in [0.29, 0.717) is 28.6 Å². The van der Waals surface area contributed by atoms with Crippen molar-refractivity contribution in [3.8, 4) is 0 Å². The Balaban J connectivity index is 1.63. The summed E-state index contributed by atoms with van der Waals surface area (Å²) in [6, 6.07) is 3.53. The molecule has 0 radical (unpaired) electrons. The molecule has 1 saturated carbocycles. The number of nitrogens with one attached hydrogen (secondary N) is 3. The molecule has 2 aromatic rings. The summed E-state index contributed by atoms with van der Waals surface area (Å²) in [5.74, 6) is 0.216. The summed E-state index contributed by atoms with van der Waals surface area (Å²) in [6.07, 6.45) is 12.3. The number of carbonyl (C=O) groups excluding carboxylic acids is 1. The van der Waals surface area contributed by atoms with Gasteiger partial charge in [0, 0.05) is 42.9 Å². The minimum Gasteiger partial charge on any atom is -0.345 e. The van der Waals surface area contributed by atoms with Gasteiger partial charge in [0.2, 0.25) is 0 Å². The summed E-state index contributed by atoms with van der Waals surface area (Å²) in [5.41, 5.74) is 1.88. The van der Waals surface area contributed by atoms with Gasteiger partial charge in [-0.2, -0.15) is 0 Å². The molecule has 8 heteroatoms. The van der Waals surface area contributed by atoms with Crippen molar-refractivity contribution in [2.75, 3.05) is 5.32 Å². The Kier molecular flexibility index (Phi) is 5.25. The van der Waals surface area contributed by atoms with Crippen LogP contribution in [0.5, 0.6) is 0 Å². The van der Waals surface area contributed by atoms with E-state index in [1.54, 1.807) is 42.3 Å². The molecule has 0 saturated heterocycles. The summed E-state index contributed by atoms with van der Waals surface area (Å²) in [6.45, 7) is 0. The van der Waals surface area contributed by atoms with Crippen LogP contribution in [0.2, 0.25) is 0 Å². The molecule has 1 aliphatic heterocycles. The van der Waals surface area contributed by atoms with Gasteiger partial charge >= 0.3 is 0 Å². The fourth-order valence-electron chi connectivity index (χ4n) is 4.56. The molecule has 2 aromatic heterocycles. The van der Waals surface area contributed by atoms with Gasteiger partial charge in [0.25, 0.3) is 5.91 Å².